The molecule has 30 heavy (non-hydrogen) atoms. The molecule has 0 bridgehead atoms. The van der Waals surface area contributed by atoms with Gasteiger partial charge in [-0.05, 0) is 50.7 Å². The molecular weight excluding hydrogens is 396 g/mol. The van der Waals surface area contributed by atoms with E-state index in [0.717, 1.165) is 50.0 Å². The lowest BCUT2D eigenvalue weighted by molar-refractivity contribution is -0.119. The van der Waals surface area contributed by atoms with E-state index < -0.39 is 10.0 Å². The fourth-order valence-corrected chi connectivity index (χ4v) is 5.72. The average molecular weight is 434 g/mol. The number of sulfonamides is 1. The second-order valence-corrected chi connectivity index (χ2v) is 10.2. The van der Waals surface area contributed by atoms with Crippen LogP contribution in [0.1, 0.15) is 63.4 Å². The molecule has 5 nitrogen and oxygen atoms in total. The monoisotopic (exact) mass is 433 g/mol. The lowest BCUT2D eigenvalue weighted by Gasteiger charge is -2.19. The van der Waals surface area contributed by atoms with Crippen LogP contribution < -0.4 is 5.32 Å². The van der Waals surface area contributed by atoms with Crippen molar-refractivity contribution in [2.75, 3.05) is 19.6 Å². The molecule has 1 unspecified atom stereocenters. The van der Waals surface area contributed by atoms with Crippen molar-refractivity contribution in [1.29, 1.82) is 0 Å². The van der Waals surface area contributed by atoms with Crippen molar-refractivity contribution in [3.8, 4) is 0 Å². The first-order chi connectivity index (χ1) is 13.5. The van der Waals surface area contributed by atoms with E-state index in [1.54, 1.807) is 16.4 Å². The molecule has 0 spiro atoms. The molecule has 1 saturated carbocycles. The molecule has 1 N–H and O–H groups in total. The topological polar surface area (TPSA) is 66.5 Å². The van der Waals surface area contributed by atoms with Crippen molar-refractivity contribution in [3.05, 3.63) is 50.6 Å². The molecule has 1 amide bonds. The van der Waals surface area contributed by atoms with E-state index >= 15 is 0 Å². The Balaban J connectivity index is 0.00000225. The zero-order valence-corrected chi connectivity index (χ0v) is 19.2. The molecule has 6 heteroatoms. The minimum Gasteiger partial charge on any atom is -0.356 e. The van der Waals surface area contributed by atoms with Gasteiger partial charge in [0.15, 0.2) is 0 Å². The van der Waals surface area contributed by atoms with E-state index in [-0.39, 0.29) is 20.8 Å². The largest absolute Gasteiger partial charge is 0.356 e. The number of benzene rings is 1. The smallest absolute Gasteiger partial charge is 0.243 e. The molecule has 3 rings (SSSR count). The maximum absolute atomic E-state index is 12.8. The van der Waals surface area contributed by atoms with Crippen molar-refractivity contribution in [2.45, 2.75) is 69.6 Å². The minimum atomic E-state index is -3.41. The fourth-order valence-electron chi connectivity index (χ4n) is 4.18. The lowest BCUT2D eigenvalue weighted by Crippen LogP contribution is -2.32. The molecule has 1 aromatic carbocycles. The summed E-state index contributed by atoms with van der Waals surface area (Å²) >= 11 is 0. The number of hydrogen-bond acceptors (Lipinski definition) is 3. The van der Waals surface area contributed by atoms with Crippen molar-refractivity contribution in [3.63, 3.8) is 0 Å². The van der Waals surface area contributed by atoms with Gasteiger partial charge in [0.05, 0.1) is 10.8 Å². The molecule has 2 aliphatic rings. The molecule has 1 saturated heterocycles. The Hall–Kier alpha value is -1.40. The molecule has 5 radical (unpaired) electrons. The Kier molecular flexibility index (Phi) is 11.1. The van der Waals surface area contributed by atoms with Crippen molar-refractivity contribution < 1.29 is 13.2 Å². The first kappa shape index (κ1) is 26.6. The minimum absolute atomic E-state index is 0. The summed E-state index contributed by atoms with van der Waals surface area (Å²) in [7, 11) is -3.41. The molecular formula is C24H37N2O3S. The second-order valence-electron chi connectivity index (χ2n) is 8.25. The summed E-state index contributed by atoms with van der Waals surface area (Å²) in [5, 5.41) is 3.07. The van der Waals surface area contributed by atoms with Crippen LogP contribution in [0.3, 0.4) is 0 Å². The van der Waals surface area contributed by atoms with E-state index in [2.05, 4.69) is 5.32 Å². The van der Waals surface area contributed by atoms with E-state index in [1.165, 1.54) is 19.3 Å². The van der Waals surface area contributed by atoms with Gasteiger partial charge in [-0.1, -0.05) is 64.7 Å². The van der Waals surface area contributed by atoms with Crippen LogP contribution in [0, 0.1) is 33.6 Å². The van der Waals surface area contributed by atoms with Gasteiger partial charge >= 0.3 is 0 Å². The van der Waals surface area contributed by atoms with Gasteiger partial charge in [-0.3, -0.25) is 4.79 Å². The van der Waals surface area contributed by atoms with Crippen LogP contribution >= 0.6 is 0 Å². The van der Waals surface area contributed by atoms with Crippen LogP contribution in [-0.4, -0.2) is 38.3 Å². The first-order valence-electron chi connectivity index (χ1n) is 10.7. The Morgan fingerprint density at radius 1 is 1.03 bits per heavy atom. The number of carbonyl (C=O) groups is 1. The summed E-state index contributed by atoms with van der Waals surface area (Å²) in [5.41, 5.74) is 1.05. The number of nitrogens with one attached hydrogen (secondary N) is 1. The quantitative estimate of drug-likeness (QED) is 0.719. The standard InChI is InChI=1S/C22H33N2O3S.2CH2/c1-18-9-11-21(12-10-18)28(26,27)24-16-14-19(17-24)13-15-23-22(25)20-7-5-3-2-4-6-8-20;;/h9-12,19H,2-8,13-17H2,1H3,(H,23,25);2*1H2. The second kappa shape index (κ2) is 12.5. The predicted octanol–water partition coefficient (Wildman–Crippen LogP) is 4.49. The molecule has 1 atom stereocenters. The van der Waals surface area contributed by atoms with E-state index in [4.69, 9.17) is 0 Å². The van der Waals surface area contributed by atoms with Crippen LogP contribution in [0.15, 0.2) is 29.2 Å². The first-order valence-corrected chi connectivity index (χ1v) is 12.1. The molecule has 1 aliphatic heterocycles. The van der Waals surface area contributed by atoms with Gasteiger partial charge in [0.25, 0.3) is 0 Å². The van der Waals surface area contributed by atoms with Gasteiger partial charge in [-0.2, -0.15) is 4.31 Å². The maximum atomic E-state index is 12.8. The lowest BCUT2D eigenvalue weighted by atomic mass is 9.90. The Morgan fingerprint density at radius 3 is 2.27 bits per heavy atom. The average Bonchev–Trinajstić information content (AvgIpc) is 3.11. The van der Waals surface area contributed by atoms with Crippen molar-refractivity contribution in [1.82, 2.24) is 9.62 Å². The van der Waals surface area contributed by atoms with Crippen LogP contribution in [0.25, 0.3) is 0 Å². The van der Waals surface area contributed by atoms with Gasteiger partial charge in [0, 0.05) is 19.6 Å². The zero-order chi connectivity index (χ0) is 20.0. The van der Waals surface area contributed by atoms with Crippen LogP contribution in [0.2, 0.25) is 0 Å². The van der Waals surface area contributed by atoms with Gasteiger partial charge < -0.3 is 5.32 Å². The fraction of sp³-hybridized carbons (Fsp3) is 0.583. The Morgan fingerprint density at radius 2 is 1.63 bits per heavy atom. The molecule has 1 heterocycles. The van der Waals surface area contributed by atoms with Gasteiger partial charge in [-0.15, -0.1) is 0 Å². The number of hydrogen-bond donors (Lipinski definition) is 1. The third-order valence-electron chi connectivity index (χ3n) is 6.02. The Bertz CT molecular complexity index is 738. The number of nitrogens with zero attached hydrogens (tertiary/aromatic N) is 1. The highest BCUT2D eigenvalue weighted by Crippen LogP contribution is 2.27. The van der Waals surface area contributed by atoms with E-state index in [9.17, 15) is 13.2 Å². The summed E-state index contributed by atoms with van der Waals surface area (Å²) < 4.78 is 27.2. The number of carbonyl (C=O) groups excluding carboxylic acids is 1. The highest BCUT2D eigenvalue weighted by Gasteiger charge is 2.32. The van der Waals surface area contributed by atoms with Gasteiger partial charge in [0.1, 0.15) is 0 Å². The summed E-state index contributed by atoms with van der Waals surface area (Å²) in [6.07, 6.45) is 9.54. The number of rotatable bonds is 6. The van der Waals surface area contributed by atoms with E-state index in [1.807, 2.05) is 19.1 Å². The molecule has 1 aliphatic carbocycles. The number of amides is 1. The van der Waals surface area contributed by atoms with Gasteiger partial charge in [0.2, 0.25) is 15.9 Å². The highest BCUT2D eigenvalue weighted by atomic mass is 32.2. The van der Waals surface area contributed by atoms with Crippen LogP contribution in [0.5, 0.6) is 0 Å². The van der Waals surface area contributed by atoms with Crippen LogP contribution in [-0.2, 0) is 14.8 Å². The molecule has 167 valence electrons. The van der Waals surface area contributed by atoms with E-state index in [0.29, 0.717) is 30.4 Å². The third-order valence-corrected chi connectivity index (χ3v) is 7.90. The SMILES string of the molecule is Cc1ccc(S(=O)(=O)N2CCC(CCNC(=O)[C]3CCCCCCC3)C2)cc1.[CH2].[CH2]. The highest BCUT2D eigenvalue weighted by molar-refractivity contribution is 7.89. The molecule has 2 fully saturated rings. The normalized spacial score (nSPS) is 21.0. The summed E-state index contributed by atoms with van der Waals surface area (Å²) in [4.78, 5) is 12.8. The summed E-state index contributed by atoms with van der Waals surface area (Å²) in [6.45, 7) is 3.69. The van der Waals surface area contributed by atoms with Crippen LogP contribution in [0.4, 0.5) is 0 Å². The zero-order valence-electron chi connectivity index (χ0n) is 18.4. The number of aryl methyl sites for hydroxylation is 1. The Labute approximate surface area is 184 Å². The van der Waals surface area contributed by atoms with Gasteiger partial charge in [-0.25, -0.2) is 8.42 Å². The summed E-state index contributed by atoms with van der Waals surface area (Å²) in [5.74, 6) is 1.47. The third kappa shape index (κ3) is 7.09. The predicted molar refractivity (Wildman–Crippen MR) is 122 cm³/mol. The van der Waals surface area contributed by atoms with Crippen molar-refractivity contribution in [2.24, 2.45) is 5.92 Å². The molecule has 0 aromatic heterocycles. The molecule has 1 aromatic rings. The van der Waals surface area contributed by atoms with Crippen molar-refractivity contribution >= 4 is 15.9 Å². The maximum Gasteiger partial charge on any atom is 0.243 e. The summed E-state index contributed by atoms with van der Waals surface area (Å²) in [6, 6.07) is 7.04.